The van der Waals surface area contributed by atoms with Crippen molar-refractivity contribution in [2.75, 3.05) is 26.7 Å². The van der Waals surface area contributed by atoms with Crippen LogP contribution in [0.1, 0.15) is 12.8 Å². The molecule has 1 N–H and O–H groups in total. The number of hydrogen-bond donors (Lipinski definition) is 1. The van der Waals surface area contributed by atoms with Crippen molar-refractivity contribution < 1.29 is 8.42 Å². The Morgan fingerprint density at radius 2 is 1.75 bits per heavy atom. The first-order valence-corrected chi connectivity index (χ1v) is 8.74. The van der Waals surface area contributed by atoms with Crippen LogP contribution in [0, 0.1) is 5.92 Å². The van der Waals surface area contributed by atoms with E-state index < -0.39 is 10.0 Å². The van der Waals surface area contributed by atoms with E-state index in [1.54, 1.807) is 0 Å². The van der Waals surface area contributed by atoms with Gasteiger partial charge in [0.1, 0.15) is 0 Å². The first-order valence-electron chi connectivity index (χ1n) is 6.54. The second-order valence-corrected chi connectivity index (χ2v) is 7.82. The maximum absolute atomic E-state index is 12.5. The van der Waals surface area contributed by atoms with Gasteiger partial charge in [0.25, 0.3) is 0 Å². The van der Waals surface area contributed by atoms with Crippen LogP contribution in [0.3, 0.4) is 0 Å². The monoisotopic (exact) mass is 336 g/mol. The molecule has 0 aliphatic carbocycles. The van der Waals surface area contributed by atoms with E-state index in [1.165, 1.54) is 22.5 Å². The fourth-order valence-electron chi connectivity index (χ4n) is 2.47. The smallest absolute Gasteiger partial charge is 0.243 e. The largest absolute Gasteiger partial charge is 0.319 e. The summed E-state index contributed by atoms with van der Waals surface area (Å²) in [5, 5.41) is 3.80. The van der Waals surface area contributed by atoms with Crippen LogP contribution in [0.5, 0.6) is 0 Å². The van der Waals surface area contributed by atoms with E-state index in [2.05, 4.69) is 5.32 Å². The topological polar surface area (TPSA) is 49.4 Å². The average molecular weight is 337 g/mol. The number of nitrogens with zero attached hydrogens (tertiary/aromatic N) is 1. The van der Waals surface area contributed by atoms with Gasteiger partial charge in [0.15, 0.2) is 0 Å². The van der Waals surface area contributed by atoms with E-state index in [1.807, 2.05) is 7.05 Å². The third-order valence-corrected chi connectivity index (χ3v) is 5.85. The van der Waals surface area contributed by atoms with E-state index in [0.29, 0.717) is 29.1 Å². The van der Waals surface area contributed by atoms with E-state index >= 15 is 0 Å². The van der Waals surface area contributed by atoms with Crippen molar-refractivity contribution in [3.05, 3.63) is 28.2 Å². The highest BCUT2D eigenvalue weighted by Gasteiger charge is 2.29. The van der Waals surface area contributed by atoms with Crippen LogP contribution in [0.2, 0.25) is 10.0 Å². The normalized spacial score (nSPS) is 18.4. The van der Waals surface area contributed by atoms with E-state index in [0.717, 1.165) is 19.4 Å². The SMILES string of the molecule is CNCC1CCN(S(=O)(=O)c2cc(Cl)cc(Cl)c2)CC1. The zero-order valence-electron chi connectivity index (χ0n) is 11.3. The molecule has 0 radical (unpaired) electrons. The number of sulfonamides is 1. The molecule has 1 heterocycles. The minimum absolute atomic E-state index is 0.169. The van der Waals surface area contributed by atoms with Crippen molar-refractivity contribution in [3.8, 4) is 0 Å². The molecule has 0 unspecified atom stereocenters. The Kier molecular flexibility index (Phi) is 5.31. The van der Waals surface area contributed by atoms with E-state index in [4.69, 9.17) is 23.2 Å². The van der Waals surface area contributed by atoms with Crippen molar-refractivity contribution in [1.29, 1.82) is 0 Å². The van der Waals surface area contributed by atoms with Gasteiger partial charge in [0.2, 0.25) is 10.0 Å². The van der Waals surface area contributed by atoms with Crippen molar-refractivity contribution in [3.63, 3.8) is 0 Å². The third-order valence-electron chi connectivity index (χ3n) is 3.54. The molecule has 4 nitrogen and oxygen atoms in total. The molecule has 0 saturated carbocycles. The Labute approximate surface area is 130 Å². The predicted octanol–water partition coefficient (Wildman–Crippen LogP) is 2.61. The van der Waals surface area contributed by atoms with Gasteiger partial charge < -0.3 is 5.32 Å². The molecule has 0 atom stereocenters. The molecule has 1 fully saturated rings. The first kappa shape index (κ1) is 16.0. The van der Waals surface area contributed by atoms with Gasteiger partial charge in [0, 0.05) is 23.1 Å². The Bertz CT molecular complexity index is 549. The lowest BCUT2D eigenvalue weighted by Crippen LogP contribution is -2.40. The van der Waals surface area contributed by atoms with Crippen LogP contribution >= 0.6 is 23.2 Å². The summed E-state index contributed by atoms with van der Waals surface area (Å²) in [6.45, 7) is 2.01. The molecule has 1 aliphatic rings. The van der Waals surface area contributed by atoms with Crippen LogP contribution in [0.15, 0.2) is 23.1 Å². The van der Waals surface area contributed by atoms with Crippen molar-refractivity contribution >= 4 is 33.2 Å². The number of rotatable bonds is 4. The Hall–Kier alpha value is -0.330. The molecular formula is C13H18Cl2N2O2S. The minimum atomic E-state index is -3.50. The first-order chi connectivity index (χ1) is 9.43. The summed E-state index contributed by atoms with van der Waals surface area (Å²) >= 11 is 11.8. The lowest BCUT2D eigenvalue weighted by molar-refractivity contribution is 0.270. The molecule has 7 heteroatoms. The molecule has 112 valence electrons. The Balaban J connectivity index is 2.15. The summed E-state index contributed by atoms with van der Waals surface area (Å²) in [5.74, 6) is 0.536. The summed E-state index contributed by atoms with van der Waals surface area (Å²) in [6, 6.07) is 4.42. The van der Waals surface area contributed by atoms with Gasteiger partial charge in [-0.2, -0.15) is 4.31 Å². The summed E-state index contributed by atoms with van der Waals surface area (Å²) in [6.07, 6.45) is 1.74. The fourth-order valence-corrected chi connectivity index (χ4v) is 4.67. The summed E-state index contributed by atoms with van der Waals surface area (Å²) in [4.78, 5) is 0.169. The molecule has 2 rings (SSSR count). The number of nitrogens with one attached hydrogen (secondary N) is 1. The van der Waals surface area contributed by atoms with Gasteiger partial charge >= 0.3 is 0 Å². The molecule has 1 aromatic carbocycles. The van der Waals surface area contributed by atoms with Crippen LogP contribution in [-0.2, 0) is 10.0 Å². The fraction of sp³-hybridized carbons (Fsp3) is 0.538. The van der Waals surface area contributed by atoms with Crippen LogP contribution < -0.4 is 5.32 Å². The van der Waals surface area contributed by atoms with Gasteiger partial charge in [-0.25, -0.2) is 8.42 Å². The van der Waals surface area contributed by atoms with E-state index in [9.17, 15) is 8.42 Å². The molecule has 0 spiro atoms. The highest BCUT2D eigenvalue weighted by Crippen LogP contribution is 2.27. The number of hydrogen-bond acceptors (Lipinski definition) is 3. The van der Waals surface area contributed by atoms with Gasteiger partial charge in [0.05, 0.1) is 4.90 Å². The molecule has 0 bridgehead atoms. The summed E-state index contributed by atoms with van der Waals surface area (Å²) < 4.78 is 26.6. The number of benzene rings is 1. The Morgan fingerprint density at radius 3 is 2.25 bits per heavy atom. The average Bonchev–Trinajstić information content (AvgIpc) is 2.38. The molecule has 1 aliphatic heterocycles. The van der Waals surface area contributed by atoms with Gasteiger partial charge in [-0.05, 0) is 50.6 Å². The third kappa shape index (κ3) is 3.65. The molecule has 0 aromatic heterocycles. The van der Waals surface area contributed by atoms with Crippen LogP contribution in [0.4, 0.5) is 0 Å². The second-order valence-electron chi connectivity index (χ2n) is 5.01. The van der Waals surface area contributed by atoms with Gasteiger partial charge in [-0.1, -0.05) is 23.2 Å². The quantitative estimate of drug-likeness (QED) is 0.919. The highest BCUT2D eigenvalue weighted by atomic mass is 35.5. The summed E-state index contributed by atoms with van der Waals surface area (Å²) in [7, 11) is -1.59. The van der Waals surface area contributed by atoms with Crippen molar-refractivity contribution in [2.45, 2.75) is 17.7 Å². The lowest BCUT2D eigenvalue weighted by Gasteiger charge is -2.31. The Morgan fingerprint density at radius 1 is 1.20 bits per heavy atom. The zero-order valence-corrected chi connectivity index (χ0v) is 13.6. The highest BCUT2D eigenvalue weighted by molar-refractivity contribution is 7.89. The predicted molar refractivity (Wildman–Crippen MR) is 81.9 cm³/mol. The minimum Gasteiger partial charge on any atom is -0.319 e. The van der Waals surface area contributed by atoms with Crippen molar-refractivity contribution in [2.24, 2.45) is 5.92 Å². The molecule has 1 aromatic rings. The maximum atomic E-state index is 12.5. The molecule has 1 saturated heterocycles. The maximum Gasteiger partial charge on any atom is 0.243 e. The van der Waals surface area contributed by atoms with Gasteiger partial charge in [-0.3, -0.25) is 0 Å². The summed E-state index contributed by atoms with van der Waals surface area (Å²) in [5.41, 5.74) is 0. The molecular weight excluding hydrogens is 319 g/mol. The second kappa shape index (κ2) is 6.62. The van der Waals surface area contributed by atoms with E-state index in [-0.39, 0.29) is 4.90 Å². The van der Waals surface area contributed by atoms with Crippen LogP contribution in [0.25, 0.3) is 0 Å². The van der Waals surface area contributed by atoms with Gasteiger partial charge in [-0.15, -0.1) is 0 Å². The van der Waals surface area contributed by atoms with Crippen molar-refractivity contribution in [1.82, 2.24) is 9.62 Å². The standard InChI is InChI=1S/C13H18Cl2N2O2S/c1-16-9-10-2-4-17(5-3-10)20(18,19)13-7-11(14)6-12(15)8-13/h6-8,10,16H,2-5,9H2,1H3. The number of piperidine rings is 1. The lowest BCUT2D eigenvalue weighted by atomic mass is 9.98. The molecule has 0 amide bonds. The molecule has 20 heavy (non-hydrogen) atoms. The van der Waals surface area contributed by atoms with Crippen LogP contribution in [-0.4, -0.2) is 39.4 Å². The number of halogens is 2. The zero-order chi connectivity index (χ0) is 14.8.